The molecule has 0 fully saturated rings. The molecule has 0 aliphatic carbocycles. The van der Waals surface area contributed by atoms with Crippen LogP contribution in [-0.2, 0) is 16.4 Å². The van der Waals surface area contributed by atoms with Crippen LogP contribution in [0.1, 0.15) is 30.1 Å². The van der Waals surface area contributed by atoms with Crippen LogP contribution in [0.5, 0.6) is 0 Å². The second-order valence-corrected chi connectivity index (χ2v) is 7.84. The first-order valence-corrected chi connectivity index (χ1v) is 9.92. The summed E-state index contributed by atoms with van der Waals surface area (Å²) in [5.74, 6) is 0. The molecule has 0 saturated heterocycles. The van der Waals surface area contributed by atoms with Gasteiger partial charge in [0.25, 0.3) is 0 Å². The topological polar surface area (TPSA) is 86.6 Å². The Labute approximate surface area is 153 Å². The molecule has 0 bridgehead atoms. The minimum atomic E-state index is -3.64. The van der Waals surface area contributed by atoms with Gasteiger partial charge in [0.15, 0.2) is 0 Å². The molecule has 2 aromatic carbocycles. The standard InChI is InChI=1S/C18H22ClNO4S/c19-16-4-1-2-6-18(16)25(23,24)20-12-11-14-7-9-15(10-8-14)17(22)5-3-13-21/h1-2,4,6-10,17,20-22H,3,5,11-13H2. The number of rotatable bonds is 9. The van der Waals surface area contributed by atoms with E-state index in [0.29, 0.717) is 19.3 Å². The Kier molecular flexibility index (Phi) is 7.40. The zero-order valence-corrected chi connectivity index (χ0v) is 15.3. The van der Waals surface area contributed by atoms with Gasteiger partial charge in [-0.15, -0.1) is 0 Å². The van der Waals surface area contributed by atoms with Crippen molar-refractivity contribution in [1.29, 1.82) is 0 Å². The van der Waals surface area contributed by atoms with Crippen LogP contribution in [0.2, 0.25) is 5.02 Å². The van der Waals surface area contributed by atoms with Crippen molar-refractivity contribution in [2.75, 3.05) is 13.2 Å². The third-order valence-electron chi connectivity index (χ3n) is 3.83. The molecule has 2 rings (SSSR count). The third kappa shape index (κ3) is 5.80. The second kappa shape index (κ2) is 9.31. The molecule has 5 nitrogen and oxygen atoms in total. The first-order chi connectivity index (χ1) is 11.9. The number of nitrogens with one attached hydrogen (secondary N) is 1. The molecule has 1 unspecified atom stereocenters. The first-order valence-electron chi connectivity index (χ1n) is 8.06. The number of aliphatic hydroxyl groups excluding tert-OH is 2. The minimum absolute atomic E-state index is 0.0563. The maximum absolute atomic E-state index is 12.2. The molecule has 136 valence electrons. The Morgan fingerprint density at radius 2 is 1.76 bits per heavy atom. The Hall–Kier alpha value is -1.44. The van der Waals surface area contributed by atoms with Crippen molar-refractivity contribution in [1.82, 2.24) is 4.72 Å². The van der Waals surface area contributed by atoms with Crippen molar-refractivity contribution in [3.05, 3.63) is 64.7 Å². The maximum atomic E-state index is 12.2. The molecule has 0 aliphatic heterocycles. The summed E-state index contributed by atoms with van der Waals surface area (Å²) in [5, 5.41) is 18.9. The van der Waals surface area contributed by atoms with E-state index in [1.807, 2.05) is 24.3 Å². The fraction of sp³-hybridized carbons (Fsp3) is 0.333. The highest BCUT2D eigenvalue weighted by molar-refractivity contribution is 7.89. The Bertz CT molecular complexity index is 778. The molecule has 2 aromatic rings. The van der Waals surface area contributed by atoms with Gasteiger partial charge in [-0.2, -0.15) is 0 Å². The van der Waals surface area contributed by atoms with Crippen LogP contribution in [0.15, 0.2) is 53.4 Å². The van der Waals surface area contributed by atoms with Gasteiger partial charge in [-0.05, 0) is 42.5 Å². The van der Waals surface area contributed by atoms with Crippen LogP contribution in [0.3, 0.4) is 0 Å². The molecular weight excluding hydrogens is 362 g/mol. The normalized spacial score (nSPS) is 12.9. The summed E-state index contributed by atoms with van der Waals surface area (Å²) in [7, 11) is -3.64. The van der Waals surface area contributed by atoms with Gasteiger partial charge in [0, 0.05) is 13.2 Å². The van der Waals surface area contributed by atoms with E-state index >= 15 is 0 Å². The van der Waals surface area contributed by atoms with Gasteiger partial charge in [0.2, 0.25) is 10.0 Å². The minimum Gasteiger partial charge on any atom is -0.396 e. The average molecular weight is 384 g/mol. The molecule has 1 atom stereocenters. The van der Waals surface area contributed by atoms with Gasteiger partial charge in [0.05, 0.1) is 11.1 Å². The van der Waals surface area contributed by atoms with E-state index in [2.05, 4.69) is 4.72 Å². The lowest BCUT2D eigenvalue weighted by molar-refractivity contribution is 0.152. The lowest BCUT2D eigenvalue weighted by Crippen LogP contribution is -2.26. The van der Waals surface area contributed by atoms with Crippen LogP contribution in [0, 0.1) is 0 Å². The van der Waals surface area contributed by atoms with E-state index < -0.39 is 16.1 Å². The van der Waals surface area contributed by atoms with Gasteiger partial charge in [0.1, 0.15) is 4.90 Å². The molecule has 25 heavy (non-hydrogen) atoms. The van der Waals surface area contributed by atoms with Gasteiger partial charge < -0.3 is 10.2 Å². The monoisotopic (exact) mass is 383 g/mol. The van der Waals surface area contributed by atoms with Crippen LogP contribution < -0.4 is 4.72 Å². The molecule has 0 heterocycles. The van der Waals surface area contributed by atoms with Crippen molar-refractivity contribution in [2.45, 2.75) is 30.3 Å². The zero-order valence-electron chi connectivity index (χ0n) is 13.7. The molecule has 0 aliphatic rings. The SMILES string of the molecule is O=S(=O)(NCCc1ccc(C(O)CCCO)cc1)c1ccccc1Cl. The molecule has 3 N–H and O–H groups in total. The van der Waals surface area contributed by atoms with Crippen LogP contribution in [0.25, 0.3) is 0 Å². The third-order valence-corrected chi connectivity index (χ3v) is 5.79. The van der Waals surface area contributed by atoms with Crippen LogP contribution in [0.4, 0.5) is 0 Å². The van der Waals surface area contributed by atoms with E-state index in [1.54, 1.807) is 12.1 Å². The number of halogens is 1. The summed E-state index contributed by atoms with van der Waals surface area (Å²) in [5.41, 5.74) is 1.74. The first kappa shape index (κ1) is 19.9. The largest absolute Gasteiger partial charge is 0.396 e. The van der Waals surface area contributed by atoms with Crippen LogP contribution in [-0.4, -0.2) is 31.8 Å². The van der Waals surface area contributed by atoms with E-state index in [1.165, 1.54) is 12.1 Å². The number of hydrogen-bond donors (Lipinski definition) is 3. The van der Waals surface area contributed by atoms with Crippen molar-refractivity contribution in [3.63, 3.8) is 0 Å². The van der Waals surface area contributed by atoms with E-state index in [0.717, 1.165) is 11.1 Å². The van der Waals surface area contributed by atoms with Crippen molar-refractivity contribution in [3.8, 4) is 0 Å². The van der Waals surface area contributed by atoms with Gasteiger partial charge in [-0.1, -0.05) is 48.0 Å². The van der Waals surface area contributed by atoms with Crippen molar-refractivity contribution in [2.24, 2.45) is 0 Å². The summed E-state index contributed by atoms with van der Waals surface area (Å²) in [6.45, 7) is 0.306. The molecule has 0 aromatic heterocycles. The van der Waals surface area contributed by atoms with Crippen LogP contribution >= 0.6 is 11.6 Å². The lowest BCUT2D eigenvalue weighted by Gasteiger charge is -2.11. The zero-order chi connectivity index (χ0) is 18.3. The van der Waals surface area contributed by atoms with Crippen molar-refractivity contribution < 1.29 is 18.6 Å². The average Bonchev–Trinajstić information content (AvgIpc) is 2.60. The lowest BCUT2D eigenvalue weighted by atomic mass is 10.0. The molecule has 0 radical (unpaired) electrons. The van der Waals surface area contributed by atoms with Gasteiger partial charge in [-0.25, -0.2) is 13.1 Å². The Morgan fingerprint density at radius 3 is 2.40 bits per heavy atom. The van der Waals surface area contributed by atoms with E-state index in [4.69, 9.17) is 16.7 Å². The number of hydrogen-bond acceptors (Lipinski definition) is 4. The number of aliphatic hydroxyl groups is 2. The quantitative estimate of drug-likeness (QED) is 0.621. The maximum Gasteiger partial charge on any atom is 0.242 e. The summed E-state index contributed by atoms with van der Waals surface area (Å²) >= 11 is 5.93. The molecule has 0 spiro atoms. The fourth-order valence-corrected chi connectivity index (χ4v) is 3.98. The van der Waals surface area contributed by atoms with Gasteiger partial charge >= 0.3 is 0 Å². The molecule has 0 saturated carbocycles. The van der Waals surface area contributed by atoms with Crippen molar-refractivity contribution >= 4 is 21.6 Å². The second-order valence-electron chi connectivity index (χ2n) is 5.70. The predicted octanol–water partition coefficient (Wildman–Crippen LogP) is 2.67. The Balaban J connectivity index is 1.90. The summed E-state index contributed by atoms with van der Waals surface area (Å²) < 4.78 is 27.0. The predicted molar refractivity (Wildman–Crippen MR) is 98.1 cm³/mol. The molecular formula is C18H22ClNO4S. The van der Waals surface area contributed by atoms with E-state index in [9.17, 15) is 13.5 Å². The van der Waals surface area contributed by atoms with Gasteiger partial charge in [-0.3, -0.25) is 0 Å². The fourth-order valence-electron chi connectivity index (χ4n) is 2.43. The smallest absolute Gasteiger partial charge is 0.242 e. The highest BCUT2D eigenvalue weighted by Gasteiger charge is 2.16. The Morgan fingerprint density at radius 1 is 1.08 bits per heavy atom. The highest BCUT2D eigenvalue weighted by Crippen LogP contribution is 2.21. The summed E-state index contributed by atoms with van der Waals surface area (Å²) in [4.78, 5) is 0.0685. The van der Waals surface area contributed by atoms with E-state index in [-0.39, 0.29) is 23.1 Å². The summed E-state index contributed by atoms with van der Waals surface area (Å²) in [6.07, 6.45) is 0.983. The highest BCUT2D eigenvalue weighted by atomic mass is 35.5. The number of sulfonamides is 1. The molecule has 7 heteroatoms. The molecule has 0 amide bonds. The summed E-state index contributed by atoms with van der Waals surface area (Å²) in [6, 6.07) is 13.7. The number of benzene rings is 2.